The SMILES string of the molecule is CC(=O)C(=O)c1c[nH]c2ccncc12. The minimum atomic E-state index is -0.482. The van der Waals surface area contributed by atoms with E-state index in [1.54, 1.807) is 18.5 Å². The molecule has 0 unspecified atom stereocenters. The van der Waals surface area contributed by atoms with Crippen LogP contribution in [-0.2, 0) is 4.79 Å². The summed E-state index contributed by atoms with van der Waals surface area (Å²) in [4.78, 5) is 29.1. The molecule has 2 aromatic heterocycles. The Labute approximate surface area is 80.0 Å². The van der Waals surface area contributed by atoms with E-state index in [0.717, 1.165) is 5.52 Å². The van der Waals surface area contributed by atoms with Gasteiger partial charge in [-0.3, -0.25) is 14.6 Å². The lowest BCUT2D eigenvalue weighted by molar-refractivity contribution is -0.113. The Morgan fingerprint density at radius 2 is 2.21 bits per heavy atom. The zero-order valence-electron chi connectivity index (χ0n) is 7.57. The van der Waals surface area contributed by atoms with Crippen LogP contribution < -0.4 is 0 Å². The molecule has 0 saturated carbocycles. The van der Waals surface area contributed by atoms with Crippen LogP contribution in [0.2, 0.25) is 0 Å². The minimum absolute atomic E-state index is 0.389. The smallest absolute Gasteiger partial charge is 0.230 e. The molecule has 0 amide bonds. The van der Waals surface area contributed by atoms with Crippen LogP contribution in [0.5, 0.6) is 0 Å². The van der Waals surface area contributed by atoms with Crippen molar-refractivity contribution in [3.63, 3.8) is 0 Å². The van der Waals surface area contributed by atoms with Crippen LogP contribution in [0.1, 0.15) is 17.3 Å². The molecule has 0 aromatic carbocycles. The molecule has 4 heteroatoms. The van der Waals surface area contributed by atoms with Gasteiger partial charge in [-0.05, 0) is 6.07 Å². The van der Waals surface area contributed by atoms with E-state index in [2.05, 4.69) is 9.97 Å². The van der Waals surface area contributed by atoms with Gasteiger partial charge in [-0.1, -0.05) is 0 Å². The van der Waals surface area contributed by atoms with Crippen molar-refractivity contribution in [2.45, 2.75) is 6.92 Å². The molecular formula is C10H8N2O2. The maximum Gasteiger partial charge on any atom is 0.230 e. The van der Waals surface area contributed by atoms with E-state index in [9.17, 15) is 9.59 Å². The summed E-state index contributed by atoms with van der Waals surface area (Å²) in [5.74, 6) is -0.945. The lowest BCUT2D eigenvalue weighted by Gasteiger charge is -1.92. The number of ketones is 2. The molecule has 4 nitrogen and oxygen atoms in total. The van der Waals surface area contributed by atoms with Gasteiger partial charge in [-0.25, -0.2) is 0 Å². The lowest BCUT2D eigenvalue weighted by Crippen LogP contribution is -2.08. The Bertz CT molecular complexity index is 514. The fraction of sp³-hybridized carbons (Fsp3) is 0.100. The summed E-state index contributed by atoms with van der Waals surface area (Å²) in [5.41, 5.74) is 1.20. The van der Waals surface area contributed by atoms with Gasteiger partial charge in [0.05, 0.1) is 5.56 Å². The molecule has 14 heavy (non-hydrogen) atoms. The van der Waals surface area contributed by atoms with E-state index in [0.29, 0.717) is 10.9 Å². The van der Waals surface area contributed by atoms with Crippen LogP contribution >= 0.6 is 0 Å². The second-order valence-electron chi connectivity index (χ2n) is 3.01. The number of nitrogens with one attached hydrogen (secondary N) is 1. The molecule has 0 atom stereocenters. The molecule has 0 bridgehead atoms. The van der Waals surface area contributed by atoms with Crippen molar-refractivity contribution in [1.29, 1.82) is 0 Å². The van der Waals surface area contributed by atoms with Gasteiger partial charge in [0.15, 0.2) is 5.78 Å². The first kappa shape index (κ1) is 8.62. The van der Waals surface area contributed by atoms with Gasteiger partial charge in [0.25, 0.3) is 0 Å². The van der Waals surface area contributed by atoms with Gasteiger partial charge in [0.1, 0.15) is 0 Å². The third-order valence-electron chi connectivity index (χ3n) is 2.05. The average molecular weight is 188 g/mol. The van der Waals surface area contributed by atoms with E-state index >= 15 is 0 Å². The average Bonchev–Trinajstić information content (AvgIpc) is 2.60. The lowest BCUT2D eigenvalue weighted by atomic mass is 10.1. The monoisotopic (exact) mass is 188 g/mol. The molecule has 0 aliphatic heterocycles. The van der Waals surface area contributed by atoms with E-state index in [1.165, 1.54) is 13.1 Å². The van der Waals surface area contributed by atoms with E-state index < -0.39 is 11.6 Å². The van der Waals surface area contributed by atoms with E-state index in [1.807, 2.05) is 0 Å². The summed E-state index contributed by atoms with van der Waals surface area (Å²) >= 11 is 0. The summed E-state index contributed by atoms with van der Waals surface area (Å²) in [5, 5.41) is 0.688. The summed E-state index contributed by atoms with van der Waals surface area (Å²) in [6.45, 7) is 1.26. The Morgan fingerprint density at radius 1 is 1.43 bits per heavy atom. The number of nitrogens with zero attached hydrogens (tertiary/aromatic N) is 1. The highest BCUT2D eigenvalue weighted by molar-refractivity contribution is 6.44. The van der Waals surface area contributed by atoms with Gasteiger partial charge >= 0.3 is 0 Å². The topological polar surface area (TPSA) is 62.8 Å². The first-order chi connectivity index (χ1) is 6.70. The maximum atomic E-state index is 11.4. The molecule has 0 aliphatic carbocycles. The van der Waals surface area contributed by atoms with Crippen molar-refractivity contribution in [2.24, 2.45) is 0 Å². The Hall–Kier alpha value is -1.97. The first-order valence-corrected chi connectivity index (χ1v) is 4.16. The van der Waals surface area contributed by atoms with Crippen LogP contribution in [0.25, 0.3) is 10.9 Å². The summed E-state index contributed by atoms with van der Waals surface area (Å²) in [7, 11) is 0. The maximum absolute atomic E-state index is 11.4. The van der Waals surface area contributed by atoms with Gasteiger partial charge < -0.3 is 4.98 Å². The Kier molecular flexibility index (Phi) is 1.89. The van der Waals surface area contributed by atoms with Gasteiger partial charge in [0, 0.05) is 36.4 Å². The number of carbonyl (C=O) groups is 2. The highest BCUT2D eigenvalue weighted by Crippen LogP contribution is 2.16. The Morgan fingerprint density at radius 3 is 2.93 bits per heavy atom. The van der Waals surface area contributed by atoms with Crippen LogP contribution in [0.15, 0.2) is 24.7 Å². The number of H-pyrrole nitrogens is 1. The van der Waals surface area contributed by atoms with Crippen LogP contribution in [0, 0.1) is 0 Å². The van der Waals surface area contributed by atoms with Crippen molar-refractivity contribution in [3.05, 3.63) is 30.2 Å². The van der Waals surface area contributed by atoms with Crippen LogP contribution in [0.3, 0.4) is 0 Å². The van der Waals surface area contributed by atoms with E-state index in [4.69, 9.17) is 0 Å². The number of Topliss-reactive ketones (excluding diaryl/α,β-unsaturated/α-hetero) is 2. The number of hydrogen-bond acceptors (Lipinski definition) is 3. The molecule has 2 rings (SSSR count). The molecule has 0 radical (unpaired) electrons. The first-order valence-electron chi connectivity index (χ1n) is 4.16. The zero-order chi connectivity index (χ0) is 10.1. The number of pyridine rings is 1. The molecule has 0 fully saturated rings. The number of aromatic nitrogens is 2. The predicted molar refractivity (Wildman–Crippen MR) is 51.1 cm³/mol. The fourth-order valence-corrected chi connectivity index (χ4v) is 1.34. The van der Waals surface area contributed by atoms with Gasteiger partial charge in [-0.2, -0.15) is 0 Å². The van der Waals surface area contributed by atoms with Crippen molar-refractivity contribution in [2.75, 3.05) is 0 Å². The predicted octanol–water partition coefficient (Wildman–Crippen LogP) is 1.33. The standard InChI is InChI=1S/C10H8N2O2/c1-6(13)10(14)8-5-12-9-2-3-11-4-7(8)9/h2-5,12H,1H3. The quantitative estimate of drug-likeness (QED) is 0.571. The number of aromatic amines is 1. The third-order valence-corrected chi connectivity index (χ3v) is 2.05. The normalized spacial score (nSPS) is 10.4. The highest BCUT2D eigenvalue weighted by Gasteiger charge is 2.15. The van der Waals surface area contributed by atoms with Crippen LogP contribution in [0.4, 0.5) is 0 Å². The zero-order valence-corrected chi connectivity index (χ0v) is 7.57. The number of hydrogen-bond donors (Lipinski definition) is 1. The van der Waals surface area contributed by atoms with Gasteiger partial charge in [-0.15, -0.1) is 0 Å². The molecule has 1 N–H and O–H groups in total. The van der Waals surface area contributed by atoms with Crippen molar-refractivity contribution in [1.82, 2.24) is 9.97 Å². The molecule has 0 aliphatic rings. The second kappa shape index (κ2) is 3.06. The molecular weight excluding hydrogens is 180 g/mol. The molecule has 0 saturated heterocycles. The summed E-state index contributed by atoms with van der Waals surface area (Å²) in [6, 6.07) is 1.76. The third kappa shape index (κ3) is 1.21. The molecule has 2 heterocycles. The van der Waals surface area contributed by atoms with Crippen molar-refractivity contribution < 1.29 is 9.59 Å². The largest absolute Gasteiger partial charge is 0.360 e. The molecule has 2 aromatic rings. The molecule has 0 spiro atoms. The summed E-state index contributed by atoms with van der Waals surface area (Å²) < 4.78 is 0. The fourth-order valence-electron chi connectivity index (χ4n) is 1.34. The second-order valence-corrected chi connectivity index (χ2v) is 3.01. The molecule has 70 valence electrons. The minimum Gasteiger partial charge on any atom is -0.360 e. The van der Waals surface area contributed by atoms with Crippen molar-refractivity contribution in [3.8, 4) is 0 Å². The summed E-state index contributed by atoms with van der Waals surface area (Å²) in [6.07, 6.45) is 4.74. The Balaban J connectivity index is 2.64. The van der Waals surface area contributed by atoms with E-state index in [-0.39, 0.29) is 0 Å². The van der Waals surface area contributed by atoms with Crippen molar-refractivity contribution >= 4 is 22.5 Å². The van der Waals surface area contributed by atoms with Gasteiger partial charge in [0.2, 0.25) is 5.78 Å². The van der Waals surface area contributed by atoms with Crippen LogP contribution in [-0.4, -0.2) is 21.5 Å². The number of carbonyl (C=O) groups excluding carboxylic acids is 2. The number of rotatable bonds is 2. The highest BCUT2D eigenvalue weighted by atomic mass is 16.2. The number of fused-ring (bicyclic) bond motifs is 1.